The van der Waals surface area contributed by atoms with E-state index in [1.54, 1.807) is 6.39 Å². The molecule has 1 fully saturated rings. The van der Waals surface area contributed by atoms with E-state index in [0.717, 1.165) is 18.0 Å². The largest absolute Gasteiger partial charge is 0.448 e. The third-order valence-electron chi connectivity index (χ3n) is 4.16. The molecule has 1 aromatic heterocycles. The van der Waals surface area contributed by atoms with Gasteiger partial charge in [0.05, 0.1) is 5.69 Å². The smallest absolute Gasteiger partial charge is 0.181 e. The number of nitrogens with zero attached hydrogens (tertiary/aromatic N) is 1. The fourth-order valence-electron chi connectivity index (χ4n) is 3.48. The maximum atomic E-state index is 5.83. The maximum absolute atomic E-state index is 5.83. The molecule has 0 aliphatic heterocycles. The first-order chi connectivity index (χ1) is 9.03. The summed E-state index contributed by atoms with van der Waals surface area (Å²) in [4.78, 5) is 4.46. The Hall–Kier alpha value is -0.830. The molecule has 1 saturated carbocycles. The summed E-state index contributed by atoms with van der Waals surface area (Å²) in [5, 5.41) is 3.46. The molecular weight excluding hydrogens is 236 g/mol. The Labute approximate surface area is 117 Å². The van der Waals surface area contributed by atoms with Crippen molar-refractivity contribution in [2.24, 2.45) is 5.92 Å². The highest BCUT2D eigenvalue weighted by molar-refractivity contribution is 5.21. The summed E-state index contributed by atoms with van der Waals surface area (Å²) in [6.45, 7) is 9.77. The van der Waals surface area contributed by atoms with Crippen LogP contribution < -0.4 is 5.32 Å². The highest BCUT2D eigenvalue weighted by Crippen LogP contribution is 2.46. The lowest BCUT2D eigenvalue weighted by Gasteiger charge is -2.29. The van der Waals surface area contributed by atoms with Crippen LogP contribution in [0.25, 0.3) is 0 Å². The number of aromatic nitrogens is 1. The molecule has 0 aromatic carbocycles. The summed E-state index contributed by atoms with van der Waals surface area (Å²) in [6.07, 6.45) is 8.02. The topological polar surface area (TPSA) is 38.1 Å². The second-order valence-corrected chi connectivity index (χ2v) is 6.75. The predicted molar refractivity (Wildman–Crippen MR) is 78.1 cm³/mol. The van der Waals surface area contributed by atoms with Crippen molar-refractivity contribution in [3.63, 3.8) is 0 Å². The molecule has 3 nitrogen and oxygen atoms in total. The zero-order valence-corrected chi connectivity index (χ0v) is 12.8. The molecule has 2 rings (SSSR count). The van der Waals surface area contributed by atoms with Gasteiger partial charge in [0.15, 0.2) is 6.39 Å². The van der Waals surface area contributed by atoms with Crippen LogP contribution in [-0.2, 0) is 12.0 Å². The normalized spacial score (nSPS) is 18.6. The maximum Gasteiger partial charge on any atom is 0.181 e. The first-order valence-electron chi connectivity index (χ1n) is 7.70. The molecule has 3 heteroatoms. The average molecular weight is 264 g/mol. The average Bonchev–Trinajstić information content (AvgIpc) is 2.94. The van der Waals surface area contributed by atoms with Crippen LogP contribution in [0.3, 0.4) is 0 Å². The van der Waals surface area contributed by atoms with E-state index in [2.05, 4.69) is 38.0 Å². The van der Waals surface area contributed by atoms with Gasteiger partial charge in [0.2, 0.25) is 0 Å². The van der Waals surface area contributed by atoms with Crippen molar-refractivity contribution in [3.8, 4) is 0 Å². The van der Waals surface area contributed by atoms with Gasteiger partial charge in [0, 0.05) is 18.0 Å². The van der Waals surface area contributed by atoms with Crippen molar-refractivity contribution in [1.29, 1.82) is 0 Å². The lowest BCUT2D eigenvalue weighted by Crippen LogP contribution is -2.28. The molecule has 1 heterocycles. The van der Waals surface area contributed by atoms with Crippen molar-refractivity contribution in [2.75, 3.05) is 0 Å². The Bertz CT molecular complexity index is 389. The van der Waals surface area contributed by atoms with Gasteiger partial charge < -0.3 is 9.73 Å². The number of hydrogen-bond donors (Lipinski definition) is 1. The van der Waals surface area contributed by atoms with Crippen molar-refractivity contribution in [3.05, 3.63) is 17.8 Å². The molecular formula is C16H28N2O. The first-order valence-corrected chi connectivity index (χ1v) is 7.70. The van der Waals surface area contributed by atoms with E-state index >= 15 is 0 Å². The summed E-state index contributed by atoms with van der Waals surface area (Å²) in [6, 6.07) is 0.481. The lowest BCUT2D eigenvalue weighted by atomic mass is 9.76. The minimum atomic E-state index is 0.249. The van der Waals surface area contributed by atoms with E-state index in [-0.39, 0.29) is 5.41 Å². The molecule has 0 atom stereocenters. The van der Waals surface area contributed by atoms with E-state index in [9.17, 15) is 0 Å². The zero-order valence-electron chi connectivity index (χ0n) is 12.8. The van der Waals surface area contributed by atoms with Crippen LogP contribution in [0.5, 0.6) is 0 Å². The Morgan fingerprint density at radius 3 is 2.53 bits per heavy atom. The monoisotopic (exact) mass is 264 g/mol. The summed E-state index contributed by atoms with van der Waals surface area (Å²) in [7, 11) is 0. The SMILES string of the molecule is CC(C)CC1(c2ocnc2CNC(C)C)CCCC1. The molecule has 1 aromatic rings. The van der Waals surface area contributed by atoms with Gasteiger partial charge in [-0.2, -0.15) is 0 Å². The van der Waals surface area contributed by atoms with Crippen LogP contribution in [0, 0.1) is 5.92 Å². The first kappa shape index (κ1) is 14.6. The summed E-state index contributed by atoms with van der Waals surface area (Å²) in [5.41, 5.74) is 1.37. The van der Waals surface area contributed by atoms with Gasteiger partial charge in [-0.3, -0.25) is 0 Å². The van der Waals surface area contributed by atoms with Crippen LogP contribution >= 0.6 is 0 Å². The number of oxazole rings is 1. The van der Waals surface area contributed by atoms with Gasteiger partial charge in [-0.1, -0.05) is 40.5 Å². The van der Waals surface area contributed by atoms with E-state index in [1.807, 2.05) is 0 Å². The van der Waals surface area contributed by atoms with Gasteiger partial charge in [0.1, 0.15) is 5.76 Å². The lowest BCUT2D eigenvalue weighted by molar-refractivity contribution is 0.281. The second-order valence-electron chi connectivity index (χ2n) is 6.75. The fourth-order valence-corrected chi connectivity index (χ4v) is 3.48. The second kappa shape index (κ2) is 6.08. The highest BCUT2D eigenvalue weighted by Gasteiger charge is 2.40. The van der Waals surface area contributed by atoms with Crippen LogP contribution in [0.2, 0.25) is 0 Å². The fraction of sp³-hybridized carbons (Fsp3) is 0.812. The molecule has 0 spiro atoms. The van der Waals surface area contributed by atoms with Gasteiger partial charge >= 0.3 is 0 Å². The molecule has 1 aliphatic carbocycles. The molecule has 0 amide bonds. The van der Waals surface area contributed by atoms with Crippen molar-refractivity contribution >= 4 is 0 Å². The number of rotatable bonds is 6. The van der Waals surface area contributed by atoms with Crippen LogP contribution in [0.4, 0.5) is 0 Å². The van der Waals surface area contributed by atoms with Gasteiger partial charge in [0.25, 0.3) is 0 Å². The summed E-state index contributed by atoms with van der Waals surface area (Å²) >= 11 is 0. The third kappa shape index (κ3) is 3.38. The molecule has 0 bridgehead atoms. The standard InChI is InChI=1S/C16H28N2O/c1-12(2)9-16(7-5-6-8-16)15-14(18-11-19-15)10-17-13(3)4/h11-13,17H,5-10H2,1-4H3. The quantitative estimate of drug-likeness (QED) is 0.843. The molecule has 0 saturated heterocycles. The van der Waals surface area contributed by atoms with Gasteiger partial charge in [-0.05, 0) is 25.2 Å². The molecule has 0 unspecified atom stereocenters. The minimum Gasteiger partial charge on any atom is -0.448 e. The summed E-state index contributed by atoms with van der Waals surface area (Å²) < 4.78 is 5.83. The van der Waals surface area contributed by atoms with Crippen molar-refractivity contribution in [1.82, 2.24) is 10.3 Å². The molecule has 1 aliphatic rings. The van der Waals surface area contributed by atoms with Gasteiger partial charge in [-0.25, -0.2) is 4.98 Å². The Morgan fingerprint density at radius 2 is 1.95 bits per heavy atom. The minimum absolute atomic E-state index is 0.249. The molecule has 0 radical (unpaired) electrons. The predicted octanol–water partition coefficient (Wildman–Crippen LogP) is 4.03. The molecule has 19 heavy (non-hydrogen) atoms. The van der Waals surface area contributed by atoms with Crippen molar-refractivity contribution < 1.29 is 4.42 Å². The Balaban J connectivity index is 2.20. The number of nitrogens with one attached hydrogen (secondary N) is 1. The van der Waals surface area contributed by atoms with E-state index in [4.69, 9.17) is 4.42 Å². The Kier molecular flexibility index (Phi) is 4.67. The Morgan fingerprint density at radius 1 is 1.26 bits per heavy atom. The van der Waals surface area contributed by atoms with E-state index in [1.165, 1.54) is 32.1 Å². The third-order valence-corrected chi connectivity index (χ3v) is 4.16. The molecule has 1 N–H and O–H groups in total. The molecule has 108 valence electrons. The van der Waals surface area contributed by atoms with E-state index in [0.29, 0.717) is 12.0 Å². The zero-order chi connectivity index (χ0) is 13.9. The highest BCUT2D eigenvalue weighted by atomic mass is 16.3. The number of hydrogen-bond acceptors (Lipinski definition) is 3. The van der Waals surface area contributed by atoms with Crippen LogP contribution in [0.15, 0.2) is 10.8 Å². The summed E-state index contributed by atoms with van der Waals surface area (Å²) in [5.74, 6) is 1.86. The van der Waals surface area contributed by atoms with Crippen LogP contribution in [0.1, 0.15) is 71.3 Å². The van der Waals surface area contributed by atoms with Crippen LogP contribution in [-0.4, -0.2) is 11.0 Å². The van der Waals surface area contributed by atoms with Gasteiger partial charge in [-0.15, -0.1) is 0 Å². The van der Waals surface area contributed by atoms with E-state index < -0.39 is 0 Å². The van der Waals surface area contributed by atoms with Crippen molar-refractivity contribution in [2.45, 2.75) is 77.8 Å².